The number of hydrogen-bond donors (Lipinski definition) is 1. The van der Waals surface area contributed by atoms with Crippen LogP contribution in [0, 0.1) is 0 Å². The maximum atomic E-state index is 5.32. The van der Waals surface area contributed by atoms with Crippen molar-refractivity contribution in [2.24, 2.45) is 0 Å². The van der Waals surface area contributed by atoms with E-state index in [-0.39, 0.29) is 0 Å². The summed E-state index contributed by atoms with van der Waals surface area (Å²) in [6.45, 7) is 3.13. The lowest BCUT2D eigenvalue weighted by Gasteiger charge is -2.27. The first-order chi connectivity index (χ1) is 10.8. The second-order valence-corrected chi connectivity index (χ2v) is 5.94. The average Bonchev–Trinajstić information content (AvgIpc) is 2.93. The number of nitrogens with zero attached hydrogens (tertiary/aromatic N) is 1. The van der Waals surface area contributed by atoms with Crippen molar-refractivity contribution in [2.45, 2.75) is 19.5 Å². The molecular formula is C19H20N2O. The Morgan fingerprint density at radius 3 is 2.82 bits per heavy atom. The third kappa shape index (κ3) is 2.38. The van der Waals surface area contributed by atoms with E-state index >= 15 is 0 Å². The Balaban J connectivity index is 1.62. The highest BCUT2D eigenvalue weighted by Gasteiger charge is 2.20. The highest BCUT2D eigenvalue weighted by molar-refractivity contribution is 5.86. The molecule has 3 heteroatoms. The van der Waals surface area contributed by atoms with Crippen molar-refractivity contribution in [2.75, 3.05) is 13.7 Å². The molecule has 3 nitrogen and oxygen atoms in total. The smallest absolute Gasteiger partial charge is 0.120 e. The Morgan fingerprint density at radius 1 is 1.14 bits per heavy atom. The van der Waals surface area contributed by atoms with Crippen molar-refractivity contribution >= 4 is 10.9 Å². The van der Waals surface area contributed by atoms with E-state index in [9.17, 15) is 0 Å². The molecule has 0 radical (unpaired) electrons. The van der Waals surface area contributed by atoms with Crippen LogP contribution in [0.15, 0.2) is 48.5 Å². The normalized spacial score (nSPS) is 15.0. The van der Waals surface area contributed by atoms with Crippen molar-refractivity contribution in [3.8, 4) is 5.75 Å². The van der Waals surface area contributed by atoms with Gasteiger partial charge in [-0.05, 0) is 23.3 Å². The molecule has 2 aromatic carbocycles. The summed E-state index contributed by atoms with van der Waals surface area (Å²) in [6.07, 6.45) is 1.08. The lowest BCUT2D eigenvalue weighted by molar-refractivity contribution is 0.245. The maximum absolute atomic E-state index is 5.32. The predicted molar refractivity (Wildman–Crippen MR) is 89.1 cm³/mol. The van der Waals surface area contributed by atoms with Crippen molar-refractivity contribution in [3.05, 3.63) is 65.4 Å². The molecule has 0 fully saturated rings. The minimum absolute atomic E-state index is 0.909. The second-order valence-electron chi connectivity index (χ2n) is 5.94. The van der Waals surface area contributed by atoms with Crippen molar-refractivity contribution in [3.63, 3.8) is 0 Å². The summed E-state index contributed by atoms with van der Waals surface area (Å²) in [5.74, 6) is 0.909. The van der Waals surface area contributed by atoms with Gasteiger partial charge in [0, 0.05) is 48.7 Å². The molecule has 0 aliphatic carbocycles. The molecule has 112 valence electrons. The van der Waals surface area contributed by atoms with Crippen LogP contribution >= 0.6 is 0 Å². The molecule has 3 aromatic rings. The van der Waals surface area contributed by atoms with Crippen molar-refractivity contribution in [1.82, 2.24) is 9.88 Å². The summed E-state index contributed by atoms with van der Waals surface area (Å²) < 4.78 is 5.32. The minimum atomic E-state index is 0.909. The molecule has 1 aliphatic rings. The van der Waals surface area contributed by atoms with E-state index in [1.807, 2.05) is 6.07 Å². The number of rotatable bonds is 3. The third-order valence-electron chi connectivity index (χ3n) is 4.51. The number of H-pyrrole nitrogens is 1. The Bertz CT molecular complexity index is 792. The molecule has 0 saturated heterocycles. The van der Waals surface area contributed by atoms with Crippen LogP contribution in [0.5, 0.6) is 5.75 Å². The van der Waals surface area contributed by atoms with E-state index in [1.54, 1.807) is 7.11 Å². The van der Waals surface area contributed by atoms with Crippen molar-refractivity contribution in [1.29, 1.82) is 0 Å². The Labute approximate surface area is 130 Å². The molecule has 0 spiro atoms. The lowest BCUT2D eigenvalue weighted by Crippen LogP contribution is -2.29. The first kappa shape index (κ1) is 13.4. The second kappa shape index (κ2) is 5.50. The number of hydrogen-bond acceptors (Lipinski definition) is 2. The molecule has 0 unspecified atom stereocenters. The van der Waals surface area contributed by atoms with Crippen LogP contribution in [-0.4, -0.2) is 23.5 Å². The molecule has 0 amide bonds. The largest absolute Gasteiger partial charge is 0.497 e. The third-order valence-corrected chi connectivity index (χ3v) is 4.51. The molecule has 2 heterocycles. The zero-order valence-corrected chi connectivity index (χ0v) is 12.8. The zero-order chi connectivity index (χ0) is 14.9. The van der Waals surface area contributed by atoms with Gasteiger partial charge in [-0.3, -0.25) is 4.90 Å². The Hall–Kier alpha value is -2.26. The summed E-state index contributed by atoms with van der Waals surface area (Å²) in [5.41, 5.74) is 5.39. The van der Waals surface area contributed by atoms with E-state index < -0.39 is 0 Å². The van der Waals surface area contributed by atoms with Gasteiger partial charge in [-0.1, -0.05) is 30.3 Å². The predicted octanol–water partition coefficient (Wildman–Crippen LogP) is 3.73. The van der Waals surface area contributed by atoms with Gasteiger partial charge in [0.25, 0.3) is 0 Å². The summed E-state index contributed by atoms with van der Waals surface area (Å²) in [6, 6.07) is 17.0. The molecule has 0 bridgehead atoms. The van der Waals surface area contributed by atoms with Crippen LogP contribution in [0.1, 0.15) is 16.8 Å². The number of aromatic nitrogens is 1. The maximum Gasteiger partial charge on any atom is 0.120 e. The number of methoxy groups -OCH3 is 1. The summed E-state index contributed by atoms with van der Waals surface area (Å²) in [7, 11) is 1.71. The van der Waals surface area contributed by atoms with Gasteiger partial charge in [0.2, 0.25) is 0 Å². The summed E-state index contributed by atoms with van der Waals surface area (Å²) >= 11 is 0. The number of nitrogens with one attached hydrogen (secondary N) is 1. The topological polar surface area (TPSA) is 28.3 Å². The van der Waals surface area contributed by atoms with E-state index in [0.29, 0.717) is 0 Å². The fourth-order valence-corrected chi connectivity index (χ4v) is 3.36. The van der Waals surface area contributed by atoms with Crippen LogP contribution in [-0.2, 0) is 19.5 Å². The molecule has 0 atom stereocenters. The summed E-state index contributed by atoms with van der Waals surface area (Å²) in [5, 5.41) is 1.33. The molecule has 1 aliphatic heterocycles. The van der Waals surface area contributed by atoms with Crippen molar-refractivity contribution < 1.29 is 4.74 Å². The van der Waals surface area contributed by atoms with E-state index in [2.05, 4.69) is 52.3 Å². The van der Waals surface area contributed by atoms with Crippen LogP contribution < -0.4 is 4.74 Å². The Kier molecular flexibility index (Phi) is 3.35. The van der Waals surface area contributed by atoms with Gasteiger partial charge in [-0.25, -0.2) is 0 Å². The van der Waals surface area contributed by atoms with E-state index in [1.165, 1.54) is 27.7 Å². The van der Waals surface area contributed by atoms with Gasteiger partial charge < -0.3 is 9.72 Å². The van der Waals surface area contributed by atoms with Gasteiger partial charge in [0.15, 0.2) is 0 Å². The van der Waals surface area contributed by atoms with Gasteiger partial charge in [-0.2, -0.15) is 0 Å². The first-order valence-corrected chi connectivity index (χ1v) is 7.77. The van der Waals surface area contributed by atoms with Gasteiger partial charge in [0.05, 0.1) is 7.11 Å². The lowest BCUT2D eigenvalue weighted by atomic mass is 10.0. The standard InChI is InChI=1S/C19H20N2O/c1-22-15-7-8-16-17-13-21(12-14-5-3-2-4-6-14)10-9-18(17)20-19(16)11-15/h2-8,11,20H,9-10,12-13H2,1H3. The fraction of sp³-hybridized carbons (Fsp3) is 0.263. The molecule has 1 aromatic heterocycles. The number of aromatic amines is 1. The highest BCUT2D eigenvalue weighted by Crippen LogP contribution is 2.30. The van der Waals surface area contributed by atoms with Gasteiger partial charge in [-0.15, -0.1) is 0 Å². The van der Waals surface area contributed by atoms with Gasteiger partial charge in [0.1, 0.15) is 5.75 Å². The van der Waals surface area contributed by atoms with Gasteiger partial charge >= 0.3 is 0 Å². The molecule has 4 rings (SSSR count). The molecule has 1 N–H and O–H groups in total. The minimum Gasteiger partial charge on any atom is -0.497 e. The first-order valence-electron chi connectivity index (χ1n) is 7.77. The SMILES string of the molecule is COc1ccc2c3c([nH]c2c1)CCN(Cc1ccccc1)C3. The number of benzene rings is 2. The van der Waals surface area contributed by atoms with Crippen LogP contribution in [0.3, 0.4) is 0 Å². The quantitative estimate of drug-likeness (QED) is 0.796. The summed E-state index contributed by atoms with van der Waals surface area (Å²) in [4.78, 5) is 6.09. The number of ether oxygens (including phenoxy) is 1. The van der Waals surface area contributed by atoms with E-state index in [4.69, 9.17) is 4.74 Å². The van der Waals surface area contributed by atoms with E-state index in [0.717, 1.165) is 31.8 Å². The molecular weight excluding hydrogens is 272 g/mol. The number of fused-ring (bicyclic) bond motifs is 3. The zero-order valence-electron chi connectivity index (χ0n) is 12.8. The van der Waals surface area contributed by atoms with Crippen LogP contribution in [0.2, 0.25) is 0 Å². The van der Waals surface area contributed by atoms with Crippen LogP contribution in [0.25, 0.3) is 10.9 Å². The molecule has 0 saturated carbocycles. The fourth-order valence-electron chi connectivity index (χ4n) is 3.36. The Morgan fingerprint density at radius 2 is 2.00 bits per heavy atom. The monoisotopic (exact) mass is 292 g/mol. The average molecular weight is 292 g/mol. The van der Waals surface area contributed by atoms with Crippen LogP contribution in [0.4, 0.5) is 0 Å². The highest BCUT2D eigenvalue weighted by atomic mass is 16.5. The molecule has 22 heavy (non-hydrogen) atoms.